The molecular weight excluding hydrogens is 246 g/mol. The lowest BCUT2D eigenvalue weighted by Gasteiger charge is -2.34. The summed E-state index contributed by atoms with van der Waals surface area (Å²) in [6.45, 7) is 8.85. The van der Waals surface area contributed by atoms with E-state index in [4.69, 9.17) is 0 Å². The predicted molar refractivity (Wildman–Crippen MR) is 74.1 cm³/mol. The number of piperidine rings is 1. The molecule has 1 aromatic rings. The molecule has 0 aliphatic carbocycles. The molecule has 1 atom stereocenters. The summed E-state index contributed by atoms with van der Waals surface area (Å²) in [4.78, 5) is 17.1. The predicted octanol–water partition coefficient (Wildman–Crippen LogP) is 1.88. The van der Waals surface area contributed by atoms with Gasteiger partial charge in [-0.1, -0.05) is 6.92 Å². The summed E-state index contributed by atoms with van der Waals surface area (Å²) in [5.74, 6) is 0.0184. The number of carbonyl (C=O) groups is 1. The van der Waals surface area contributed by atoms with Crippen LogP contribution in [0, 0.1) is 19.3 Å². The first-order chi connectivity index (χ1) is 8.50. The van der Waals surface area contributed by atoms with Gasteiger partial charge in [0, 0.05) is 13.1 Å². The Morgan fingerprint density at radius 1 is 1.56 bits per heavy atom. The Balaban J connectivity index is 1.94. The van der Waals surface area contributed by atoms with Gasteiger partial charge in [0.1, 0.15) is 4.88 Å². The van der Waals surface area contributed by atoms with Crippen LogP contribution in [0.4, 0.5) is 0 Å². The van der Waals surface area contributed by atoms with E-state index in [-0.39, 0.29) is 11.3 Å². The van der Waals surface area contributed by atoms with Gasteiger partial charge >= 0.3 is 0 Å². The average Bonchev–Trinajstić information content (AvgIpc) is 2.67. The summed E-state index contributed by atoms with van der Waals surface area (Å²) in [6, 6.07) is 0. The Hall–Kier alpha value is -0.940. The average molecular weight is 267 g/mol. The quantitative estimate of drug-likeness (QED) is 0.879. The van der Waals surface area contributed by atoms with Crippen LogP contribution in [0.5, 0.6) is 0 Å². The topological polar surface area (TPSA) is 54.0 Å². The first-order valence-corrected chi connectivity index (χ1v) is 7.25. The van der Waals surface area contributed by atoms with Crippen molar-refractivity contribution in [1.82, 2.24) is 15.6 Å². The Kier molecular flexibility index (Phi) is 4.02. The fourth-order valence-electron chi connectivity index (χ4n) is 2.39. The second-order valence-corrected chi connectivity index (χ2v) is 6.62. The molecule has 1 aromatic heterocycles. The molecule has 1 unspecified atom stereocenters. The molecule has 2 heterocycles. The van der Waals surface area contributed by atoms with Gasteiger partial charge in [-0.05, 0) is 38.6 Å². The minimum atomic E-state index is 0.0184. The molecule has 4 nitrogen and oxygen atoms in total. The van der Waals surface area contributed by atoms with Gasteiger partial charge in [0.15, 0.2) is 0 Å². The van der Waals surface area contributed by atoms with Crippen LogP contribution < -0.4 is 10.6 Å². The highest BCUT2D eigenvalue weighted by molar-refractivity contribution is 7.13. The Bertz CT molecular complexity index is 435. The number of aryl methyl sites for hydroxylation is 2. The third kappa shape index (κ3) is 3.09. The Morgan fingerprint density at radius 2 is 2.33 bits per heavy atom. The van der Waals surface area contributed by atoms with Crippen LogP contribution in [0.1, 0.15) is 40.1 Å². The molecule has 0 spiro atoms. The lowest BCUT2D eigenvalue weighted by atomic mass is 9.83. The van der Waals surface area contributed by atoms with E-state index >= 15 is 0 Å². The number of thiazole rings is 1. The van der Waals surface area contributed by atoms with E-state index in [0.29, 0.717) is 0 Å². The van der Waals surface area contributed by atoms with E-state index in [1.807, 2.05) is 13.8 Å². The Morgan fingerprint density at radius 3 is 2.89 bits per heavy atom. The van der Waals surface area contributed by atoms with E-state index in [2.05, 4.69) is 22.5 Å². The van der Waals surface area contributed by atoms with Crippen molar-refractivity contribution in [2.75, 3.05) is 19.6 Å². The molecule has 1 aliphatic heterocycles. The van der Waals surface area contributed by atoms with E-state index in [1.54, 1.807) is 0 Å². The largest absolute Gasteiger partial charge is 0.351 e. The summed E-state index contributed by atoms with van der Waals surface area (Å²) in [6.07, 6.45) is 2.35. The zero-order chi connectivity index (χ0) is 13.2. The molecule has 1 aliphatic rings. The lowest BCUT2D eigenvalue weighted by molar-refractivity contribution is 0.0928. The normalized spacial score (nSPS) is 23.9. The van der Waals surface area contributed by atoms with Gasteiger partial charge in [-0.25, -0.2) is 4.98 Å². The Labute approximate surface area is 112 Å². The molecule has 0 aromatic carbocycles. The SMILES string of the molecule is Cc1nc(C)c(C(=O)NCC2(C)CCCNC2)s1. The summed E-state index contributed by atoms with van der Waals surface area (Å²) in [7, 11) is 0. The number of nitrogens with one attached hydrogen (secondary N) is 2. The number of amides is 1. The molecule has 1 saturated heterocycles. The van der Waals surface area contributed by atoms with Crippen LogP contribution >= 0.6 is 11.3 Å². The number of nitrogens with zero attached hydrogens (tertiary/aromatic N) is 1. The van der Waals surface area contributed by atoms with E-state index in [1.165, 1.54) is 24.2 Å². The van der Waals surface area contributed by atoms with Crippen LogP contribution in [-0.4, -0.2) is 30.5 Å². The molecule has 0 bridgehead atoms. The van der Waals surface area contributed by atoms with Gasteiger partial charge in [0.25, 0.3) is 5.91 Å². The lowest BCUT2D eigenvalue weighted by Crippen LogP contribution is -2.45. The second-order valence-electron chi connectivity index (χ2n) is 5.42. The molecule has 0 saturated carbocycles. The van der Waals surface area contributed by atoms with Crippen LogP contribution in [-0.2, 0) is 0 Å². The van der Waals surface area contributed by atoms with Crippen molar-refractivity contribution >= 4 is 17.2 Å². The van der Waals surface area contributed by atoms with E-state index in [0.717, 1.165) is 35.2 Å². The third-order valence-electron chi connectivity index (χ3n) is 3.47. The zero-order valence-corrected chi connectivity index (χ0v) is 12.1. The maximum absolute atomic E-state index is 12.1. The van der Waals surface area contributed by atoms with E-state index in [9.17, 15) is 4.79 Å². The van der Waals surface area contributed by atoms with Gasteiger partial charge < -0.3 is 10.6 Å². The first kappa shape index (κ1) is 13.5. The molecular formula is C13H21N3OS. The van der Waals surface area contributed by atoms with E-state index < -0.39 is 0 Å². The number of carbonyl (C=O) groups excluding carboxylic acids is 1. The van der Waals surface area contributed by atoms with Crippen molar-refractivity contribution < 1.29 is 4.79 Å². The molecule has 0 radical (unpaired) electrons. The van der Waals surface area contributed by atoms with Crippen molar-refractivity contribution in [1.29, 1.82) is 0 Å². The number of rotatable bonds is 3. The number of aromatic nitrogens is 1. The van der Waals surface area contributed by atoms with Gasteiger partial charge in [-0.2, -0.15) is 0 Å². The molecule has 1 fully saturated rings. The summed E-state index contributed by atoms with van der Waals surface area (Å²) < 4.78 is 0. The maximum Gasteiger partial charge on any atom is 0.263 e. The monoisotopic (exact) mass is 267 g/mol. The highest BCUT2D eigenvalue weighted by Gasteiger charge is 2.27. The molecule has 2 N–H and O–H groups in total. The van der Waals surface area contributed by atoms with Gasteiger partial charge in [0.05, 0.1) is 10.7 Å². The third-order valence-corrected chi connectivity index (χ3v) is 4.54. The second kappa shape index (κ2) is 5.36. The molecule has 18 heavy (non-hydrogen) atoms. The minimum absolute atomic E-state index is 0.0184. The van der Waals surface area contributed by atoms with Crippen LogP contribution in [0.2, 0.25) is 0 Å². The van der Waals surface area contributed by atoms with Crippen molar-refractivity contribution in [3.63, 3.8) is 0 Å². The standard InChI is InChI=1S/C13H21N3OS/c1-9-11(18-10(2)16-9)12(17)15-8-13(3)5-4-6-14-7-13/h14H,4-8H2,1-3H3,(H,15,17). The molecule has 100 valence electrons. The molecule has 2 rings (SSSR count). The highest BCUT2D eigenvalue weighted by atomic mass is 32.1. The van der Waals surface area contributed by atoms with Crippen molar-refractivity contribution in [3.05, 3.63) is 15.6 Å². The molecule has 1 amide bonds. The summed E-state index contributed by atoms with van der Waals surface area (Å²) in [5.41, 5.74) is 1.02. The van der Waals surface area contributed by atoms with Crippen LogP contribution in [0.3, 0.4) is 0 Å². The summed E-state index contributed by atoms with van der Waals surface area (Å²) >= 11 is 1.47. The smallest absolute Gasteiger partial charge is 0.263 e. The van der Waals surface area contributed by atoms with Crippen molar-refractivity contribution in [3.8, 4) is 0 Å². The number of hydrogen-bond acceptors (Lipinski definition) is 4. The van der Waals surface area contributed by atoms with Gasteiger partial charge in [0.2, 0.25) is 0 Å². The van der Waals surface area contributed by atoms with Gasteiger partial charge in [-0.15, -0.1) is 11.3 Å². The van der Waals surface area contributed by atoms with Crippen molar-refractivity contribution in [2.45, 2.75) is 33.6 Å². The highest BCUT2D eigenvalue weighted by Crippen LogP contribution is 2.24. The fourth-order valence-corrected chi connectivity index (χ4v) is 3.22. The fraction of sp³-hybridized carbons (Fsp3) is 0.692. The maximum atomic E-state index is 12.1. The van der Waals surface area contributed by atoms with Crippen molar-refractivity contribution in [2.24, 2.45) is 5.41 Å². The minimum Gasteiger partial charge on any atom is -0.351 e. The van der Waals surface area contributed by atoms with Crippen LogP contribution in [0.15, 0.2) is 0 Å². The summed E-state index contributed by atoms with van der Waals surface area (Å²) in [5, 5.41) is 7.40. The zero-order valence-electron chi connectivity index (χ0n) is 11.3. The molecule has 5 heteroatoms. The van der Waals surface area contributed by atoms with Gasteiger partial charge in [-0.3, -0.25) is 4.79 Å². The number of hydrogen-bond donors (Lipinski definition) is 2. The first-order valence-electron chi connectivity index (χ1n) is 6.43. The van der Waals surface area contributed by atoms with Crippen LogP contribution in [0.25, 0.3) is 0 Å².